The van der Waals surface area contributed by atoms with Gasteiger partial charge in [-0.3, -0.25) is 9.48 Å². The molecule has 2 aromatic rings. The van der Waals surface area contributed by atoms with Gasteiger partial charge in [0.15, 0.2) is 5.69 Å². The van der Waals surface area contributed by atoms with E-state index in [4.69, 9.17) is 5.73 Å². The van der Waals surface area contributed by atoms with Crippen molar-refractivity contribution in [3.05, 3.63) is 41.3 Å². The molecule has 0 saturated carbocycles. The van der Waals surface area contributed by atoms with Crippen LogP contribution in [0.2, 0.25) is 0 Å². The van der Waals surface area contributed by atoms with Crippen LogP contribution in [-0.2, 0) is 20.0 Å². The number of fused-ring (bicyclic) bond motifs is 1. The molecule has 3 rings (SSSR count). The van der Waals surface area contributed by atoms with Gasteiger partial charge < -0.3 is 10.6 Å². The number of pyridine rings is 1. The van der Waals surface area contributed by atoms with Gasteiger partial charge in [-0.25, -0.2) is 4.98 Å². The summed E-state index contributed by atoms with van der Waals surface area (Å²) in [5.41, 5.74) is 7.77. The van der Waals surface area contributed by atoms with Crippen LogP contribution >= 0.6 is 0 Å². The topological polar surface area (TPSA) is 77.0 Å². The molecule has 0 unspecified atom stereocenters. The molecule has 0 saturated heterocycles. The van der Waals surface area contributed by atoms with Crippen LogP contribution in [0.25, 0.3) is 0 Å². The van der Waals surface area contributed by atoms with Crippen molar-refractivity contribution in [1.29, 1.82) is 0 Å². The maximum atomic E-state index is 11.4. The van der Waals surface area contributed by atoms with Gasteiger partial charge in [0.2, 0.25) is 0 Å². The first-order valence-electron chi connectivity index (χ1n) is 6.17. The maximum absolute atomic E-state index is 11.4. The van der Waals surface area contributed by atoms with E-state index in [0.717, 1.165) is 30.0 Å². The average Bonchev–Trinajstić information content (AvgIpc) is 2.77. The third-order valence-electron chi connectivity index (χ3n) is 3.45. The van der Waals surface area contributed by atoms with Crippen molar-refractivity contribution in [3.63, 3.8) is 0 Å². The third kappa shape index (κ3) is 1.95. The van der Waals surface area contributed by atoms with E-state index in [1.165, 1.54) is 0 Å². The molecule has 98 valence electrons. The van der Waals surface area contributed by atoms with Crippen LogP contribution in [0.5, 0.6) is 0 Å². The first kappa shape index (κ1) is 11.7. The number of primary amides is 1. The third-order valence-corrected chi connectivity index (χ3v) is 3.45. The van der Waals surface area contributed by atoms with Gasteiger partial charge in [0.05, 0.1) is 0 Å². The number of amides is 1. The zero-order chi connectivity index (χ0) is 13.4. The highest BCUT2D eigenvalue weighted by molar-refractivity contribution is 5.92. The second-order valence-corrected chi connectivity index (χ2v) is 4.62. The fraction of sp³-hybridized carbons (Fsp3) is 0.308. The summed E-state index contributed by atoms with van der Waals surface area (Å²) >= 11 is 0. The van der Waals surface area contributed by atoms with Crippen molar-refractivity contribution in [3.8, 4) is 0 Å². The van der Waals surface area contributed by atoms with Crippen molar-refractivity contribution in [2.75, 3.05) is 11.4 Å². The number of rotatable bonds is 2. The Labute approximate surface area is 110 Å². The summed E-state index contributed by atoms with van der Waals surface area (Å²) in [6.45, 7) is 1.49. The Morgan fingerprint density at radius 3 is 2.95 bits per heavy atom. The smallest absolute Gasteiger partial charge is 0.269 e. The predicted octanol–water partition coefficient (Wildman–Crippen LogP) is 0.477. The normalized spacial score (nSPS) is 14.3. The molecule has 0 aromatic carbocycles. The van der Waals surface area contributed by atoms with E-state index in [1.54, 1.807) is 10.9 Å². The lowest BCUT2D eigenvalue weighted by Gasteiger charge is -2.28. The number of aryl methyl sites for hydroxylation is 1. The van der Waals surface area contributed by atoms with Crippen molar-refractivity contribution >= 4 is 11.7 Å². The molecular formula is C13H15N5O. The molecule has 2 N–H and O–H groups in total. The van der Waals surface area contributed by atoms with Crippen molar-refractivity contribution in [1.82, 2.24) is 14.8 Å². The highest BCUT2D eigenvalue weighted by Crippen LogP contribution is 2.24. The van der Waals surface area contributed by atoms with Crippen LogP contribution in [0, 0.1) is 0 Å². The number of hydrogen-bond acceptors (Lipinski definition) is 4. The van der Waals surface area contributed by atoms with Crippen molar-refractivity contribution < 1.29 is 4.79 Å². The maximum Gasteiger partial charge on any atom is 0.269 e. The average molecular weight is 257 g/mol. The number of anilines is 1. The Morgan fingerprint density at radius 1 is 1.42 bits per heavy atom. The first-order chi connectivity index (χ1) is 9.16. The zero-order valence-corrected chi connectivity index (χ0v) is 10.7. The lowest BCUT2D eigenvalue weighted by atomic mass is 10.0. The summed E-state index contributed by atoms with van der Waals surface area (Å²) in [4.78, 5) is 17.9. The molecule has 3 heterocycles. The zero-order valence-electron chi connectivity index (χ0n) is 10.7. The molecule has 0 aliphatic carbocycles. The molecule has 0 spiro atoms. The molecule has 6 nitrogen and oxygen atoms in total. The fourth-order valence-corrected chi connectivity index (χ4v) is 2.53. The van der Waals surface area contributed by atoms with Gasteiger partial charge >= 0.3 is 0 Å². The summed E-state index contributed by atoms with van der Waals surface area (Å²) in [5.74, 6) is 0.437. The summed E-state index contributed by atoms with van der Waals surface area (Å²) in [7, 11) is 1.85. The Bertz CT molecular complexity index is 619. The number of hydrogen-bond donors (Lipinski definition) is 1. The van der Waals surface area contributed by atoms with Gasteiger partial charge in [-0.1, -0.05) is 6.07 Å². The second kappa shape index (κ2) is 4.38. The van der Waals surface area contributed by atoms with E-state index >= 15 is 0 Å². The Balaban J connectivity index is 1.97. The lowest BCUT2D eigenvalue weighted by Crippen LogP contribution is -2.32. The van der Waals surface area contributed by atoms with Crippen LogP contribution in [0.1, 0.15) is 21.7 Å². The number of nitrogens with two attached hydrogens (primary N) is 1. The summed E-state index contributed by atoms with van der Waals surface area (Å²) < 4.78 is 1.76. The molecule has 1 aliphatic heterocycles. The summed E-state index contributed by atoms with van der Waals surface area (Å²) in [6.07, 6.45) is 2.60. The highest BCUT2D eigenvalue weighted by Gasteiger charge is 2.26. The molecule has 19 heavy (non-hydrogen) atoms. The minimum atomic E-state index is -0.472. The van der Waals surface area contributed by atoms with Crippen LogP contribution in [-0.4, -0.2) is 27.2 Å². The summed E-state index contributed by atoms with van der Waals surface area (Å²) in [6, 6.07) is 5.80. The first-order valence-corrected chi connectivity index (χ1v) is 6.17. The van der Waals surface area contributed by atoms with E-state index in [-0.39, 0.29) is 0 Å². The van der Waals surface area contributed by atoms with Crippen LogP contribution < -0.4 is 10.6 Å². The van der Waals surface area contributed by atoms with E-state index in [9.17, 15) is 4.79 Å². The Morgan fingerprint density at radius 2 is 2.26 bits per heavy atom. The minimum Gasteiger partial charge on any atom is -0.364 e. The van der Waals surface area contributed by atoms with E-state index in [0.29, 0.717) is 12.2 Å². The monoisotopic (exact) mass is 257 g/mol. The minimum absolute atomic E-state index is 0.373. The van der Waals surface area contributed by atoms with E-state index in [2.05, 4.69) is 15.0 Å². The molecule has 0 fully saturated rings. The molecule has 1 amide bonds. The highest BCUT2D eigenvalue weighted by atomic mass is 16.1. The predicted molar refractivity (Wildman–Crippen MR) is 70.7 cm³/mol. The number of aromatic nitrogens is 3. The van der Waals surface area contributed by atoms with Gasteiger partial charge in [-0.15, -0.1) is 0 Å². The molecule has 1 aliphatic rings. The molecular weight excluding hydrogens is 242 g/mol. The van der Waals surface area contributed by atoms with Crippen LogP contribution in [0.3, 0.4) is 0 Å². The van der Waals surface area contributed by atoms with Gasteiger partial charge in [0, 0.05) is 44.0 Å². The van der Waals surface area contributed by atoms with Crippen molar-refractivity contribution in [2.24, 2.45) is 12.8 Å². The van der Waals surface area contributed by atoms with Crippen LogP contribution in [0.15, 0.2) is 24.4 Å². The molecule has 6 heteroatoms. The summed E-state index contributed by atoms with van der Waals surface area (Å²) in [5, 5.41) is 4.21. The quantitative estimate of drug-likeness (QED) is 0.848. The van der Waals surface area contributed by atoms with Crippen molar-refractivity contribution in [2.45, 2.75) is 13.0 Å². The van der Waals surface area contributed by atoms with Gasteiger partial charge in [-0.2, -0.15) is 5.10 Å². The SMILES string of the molecule is Cn1nc(C(N)=O)c2c1CCN(c1ccccn1)C2. The van der Waals surface area contributed by atoms with Gasteiger partial charge in [0.1, 0.15) is 5.82 Å². The van der Waals surface area contributed by atoms with Crippen LogP contribution in [0.4, 0.5) is 5.82 Å². The second-order valence-electron chi connectivity index (χ2n) is 4.62. The molecule has 0 radical (unpaired) electrons. The Kier molecular flexibility index (Phi) is 2.70. The number of carbonyl (C=O) groups excluding carboxylic acids is 1. The van der Waals surface area contributed by atoms with E-state index < -0.39 is 5.91 Å². The van der Waals surface area contributed by atoms with Gasteiger partial charge in [0.25, 0.3) is 5.91 Å². The van der Waals surface area contributed by atoms with E-state index in [1.807, 2.05) is 25.2 Å². The molecule has 2 aromatic heterocycles. The largest absolute Gasteiger partial charge is 0.364 e. The fourth-order valence-electron chi connectivity index (χ4n) is 2.53. The standard InChI is InChI=1S/C13H15N5O/c1-17-10-5-7-18(11-4-2-3-6-15-11)8-9(10)12(16-17)13(14)19/h2-4,6H,5,7-8H2,1H3,(H2,14,19). The van der Waals surface area contributed by atoms with Gasteiger partial charge in [-0.05, 0) is 12.1 Å². The molecule has 0 atom stereocenters. The lowest BCUT2D eigenvalue weighted by molar-refractivity contribution is 0.0994. The number of nitrogens with zero attached hydrogens (tertiary/aromatic N) is 4. The number of carbonyl (C=O) groups is 1. The molecule has 0 bridgehead atoms. The Hall–Kier alpha value is -2.37.